The summed E-state index contributed by atoms with van der Waals surface area (Å²) >= 11 is 0. The van der Waals surface area contributed by atoms with Gasteiger partial charge in [-0.2, -0.15) is 0 Å². The van der Waals surface area contributed by atoms with E-state index >= 15 is 0 Å². The second-order valence-corrected chi connectivity index (χ2v) is 1.19. The first-order chi connectivity index (χ1) is 2.64. The van der Waals surface area contributed by atoms with Crippen LogP contribution in [0.15, 0.2) is 0 Å². The number of halogens is 3. The summed E-state index contributed by atoms with van der Waals surface area (Å²) in [5.74, 6) is 0. The Hall–Kier alpha value is 0.110. The average molecular weight is 132 g/mol. The third-order valence-electron chi connectivity index (χ3n) is 0.397. The lowest BCUT2D eigenvalue weighted by atomic mass is 10.4. The third-order valence-corrected chi connectivity index (χ3v) is 0.397. The van der Waals surface area contributed by atoms with Gasteiger partial charge in [0.15, 0.2) is 0 Å². The highest BCUT2D eigenvalue weighted by Crippen LogP contribution is 1.93. The van der Waals surface area contributed by atoms with E-state index in [9.17, 15) is 8.78 Å². The van der Waals surface area contributed by atoms with E-state index in [0.29, 0.717) is 0 Å². The minimum Gasteiger partial charge on any atom is -0.323 e. The van der Waals surface area contributed by atoms with Crippen molar-refractivity contribution < 1.29 is 8.78 Å². The summed E-state index contributed by atoms with van der Waals surface area (Å²) in [5.41, 5.74) is 4.69. The molecule has 0 saturated carbocycles. The SMILES string of the molecule is C[C@H](N)C(F)F.Cl. The smallest absolute Gasteiger partial charge is 0.253 e. The lowest BCUT2D eigenvalue weighted by Crippen LogP contribution is -2.23. The Bertz CT molecular complexity index is 33.9. The fraction of sp³-hybridized carbons (Fsp3) is 1.00. The molecule has 46 valence electrons. The van der Waals surface area contributed by atoms with Crippen LogP contribution in [0.1, 0.15) is 6.92 Å². The molecule has 2 N–H and O–H groups in total. The van der Waals surface area contributed by atoms with E-state index < -0.39 is 12.5 Å². The summed E-state index contributed by atoms with van der Waals surface area (Å²) in [5, 5.41) is 0. The van der Waals surface area contributed by atoms with Crippen LogP contribution in [0.4, 0.5) is 8.78 Å². The van der Waals surface area contributed by atoms with Crippen molar-refractivity contribution in [1.82, 2.24) is 0 Å². The molecule has 0 bridgehead atoms. The van der Waals surface area contributed by atoms with Gasteiger partial charge in [0.25, 0.3) is 6.43 Å². The quantitative estimate of drug-likeness (QED) is 0.565. The number of rotatable bonds is 1. The van der Waals surface area contributed by atoms with Gasteiger partial charge in [-0.1, -0.05) is 0 Å². The molecule has 0 aromatic carbocycles. The summed E-state index contributed by atoms with van der Waals surface area (Å²) < 4.78 is 22.1. The standard InChI is InChI=1S/C3H7F2N.ClH/c1-2(6)3(4)5;/h2-3H,6H2,1H3;1H/t2-;/m0./s1. The maximum Gasteiger partial charge on any atom is 0.253 e. The summed E-state index contributed by atoms with van der Waals surface area (Å²) in [6, 6.07) is -0.981. The van der Waals surface area contributed by atoms with Crippen molar-refractivity contribution in [3.05, 3.63) is 0 Å². The van der Waals surface area contributed by atoms with Gasteiger partial charge in [-0.3, -0.25) is 0 Å². The molecule has 0 saturated heterocycles. The van der Waals surface area contributed by atoms with Gasteiger partial charge in [0.05, 0.1) is 6.04 Å². The maximum atomic E-state index is 11.0. The van der Waals surface area contributed by atoms with Crippen molar-refractivity contribution in [1.29, 1.82) is 0 Å². The summed E-state index contributed by atoms with van der Waals surface area (Å²) in [6.07, 6.45) is -2.37. The maximum absolute atomic E-state index is 11.0. The molecular weight excluding hydrogens is 123 g/mol. The molecule has 0 aliphatic heterocycles. The van der Waals surface area contributed by atoms with Gasteiger partial charge in [-0.25, -0.2) is 8.78 Å². The molecular formula is C3H8ClF2N. The van der Waals surface area contributed by atoms with Crippen LogP contribution < -0.4 is 5.73 Å². The zero-order valence-electron chi connectivity index (χ0n) is 3.90. The molecule has 7 heavy (non-hydrogen) atoms. The number of nitrogens with two attached hydrogens (primary N) is 1. The molecule has 0 heterocycles. The lowest BCUT2D eigenvalue weighted by Gasteiger charge is -1.97. The van der Waals surface area contributed by atoms with Gasteiger partial charge in [0.2, 0.25) is 0 Å². The van der Waals surface area contributed by atoms with Crippen molar-refractivity contribution >= 4 is 12.4 Å². The van der Waals surface area contributed by atoms with Gasteiger partial charge in [0.1, 0.15) is 0 Å². The highest BCUT2D eigenvalue weighted by atomic mass is 35.5. The molecule has 0 aromatic rings. The number of hydrogen-bond donors (Lipinski definition) is 1. The summed E-state index contributed by atoms with van der Waals surface area (Å²) in [4.78, 5) is 0. The molecule has 0 unspecified atom stereocenters. The molecule has 1 nitrogen and oxygen atoms in total. The van der Waals surface area contributed by atoms with Crippen LogP contribution in [0.2, 0.25) is 0 Å². The van der Waals surface area contributed by atoms with Crippen LogP contribution in [-0.4, -0.2) is 12.5 Å². The van der Waals surface area contributed by atoms with Crippen molar-refractivity contribution in [3.63, 3.8) is 0 Å². The van der Waals surface area contributed by atoms with Crippen molar-refractivity contribution in [2.45, 2.75) is 19.4 Å². The molecule has 1 atom stereocenters. The predicted octanol–water partition coefficient (Wildman–Crippen LogP) is 1.02. The molecule has 0 aromatic heterocycles. The van der Waals surface area contributed by atoms with Crippen LogP contribution in [0.25, 0.3) is 0 Å². The van der Waals surface area contributed by atoms with Crippen LogP contribution in [0.5, 0.6) is 0 Å². The Kier molecular flexibility index (Phi) is 6.21. The molecule has 0 radical (unpaired) electrons. The first-order valence-corrected chi connectivity index (χ1v) is 1.68. The van der Waals surface area contributed by atoms with Gasteiger partial charge in [-0.15, -0.1) is 12.4 Å². The van der Waals surface area contributed by atoms with Gasteiger partial charge >= 0.3 is 0 Å². The Morgan fingerprint density at radius 2 is 1.57 bits per heavy atom. The molecule has 4 heteroatoms. The first kappa shape index (κ1) is 10.2. The van der Waals surface area contributed by atoms with E-state index in [1.807, 2.05) is 0 Å². The van der Waals surface area contributed by atoms with E-state index in [2.05, 4.69) is 5.73 Å². The van der Waals surface area contributed by atoms with Crippen LogP contribution in [-0.2, 0) is 0 Å². The van der Waals surface area contributed by atoms with Crippen molar-refractivity contribution in [2.75, 3.05) is 0 Å². The fourth-order valence-corrected chi connectivity index (χ4v) is 0. The zero-order chi connectivity index (χ0) is 5.15. The first-order valence-electron chi connectivity index (χ1n) is 1.68. The highest BCUT2D eigenvalue weighted by Gasteiger charge is 2.05. The highest BCUT2D eigenvalue weighted by molar-refractivity contribution is 5.85. The largest absolute Gasteiger partial charge is 0.323 e. The normalized spacial score (nSPS) is 13.3. The van der Waals surface area contributed by atoms with Crippen LogP contribution >= 0.6 is 12.4 Å². The Morgan fingerprint density at radius 1 is 1.43 bits per heavy atom. The second-order valence-electron chi connectivity index (χ2n) is 1.19. The number of alkyl halides is 2. The van der Waals surface area contributed by atoms with Crippen molar-refractivity contribution in [2.24, 2.45) is 5.73 Å². The minimum atomic E-state index is -2.37. The molecule has 0 amide bonds. The van der Waals surface area contributed by atoms with E-state index in [1.54, 1.807) is 0 Å². The molecule has 0 rings (SSSR count). The topological polar surface area (TPSA) is 26.0 Å². The van der Waals surface area contributed by atoms with E-state index in [4.69, 9.17) is 0 Å². The average Bonchev–Trinajstić information content (AvgIpc) is 1.36. The van der Waals surface area contributed by atoms with Crippen LogP contribution in [0, 0.1) is 0 Å². The monoisotopic (exact) mass is 131 g/mol. The zero-order valence-corrected chi connectivity index (χ0v) is 4.71. The fourth-order valence-electron chi connectivity index (χ4n) is 0. The number of hydrogen-bond acceptors (Lipinski definition) is 1. The minimum absolute atomic E-state index is 0. The van der Waals surface area contributed by atoms with Crippen molar-refractivity contribution in [3.8, 4) is 0 Å². The summed E-state index contributed by atoms with van der Waals surface area (Å²) in [6.45, 7) is 1.27. The van der Waals surface area contributed by atoms with Gasteiger partial charge in [0, 0.05) is 0 Å². The van der Waals surface area contributed by atoms with E-state index in [1.165, 1.54) is 6.92 Å². The molecule has 0 spiro atoms. The molecule has 0 fully saturated rings. The van der Waals surface area contributed by atoms with Crippen LogP contribution in [0.3, 0.4) is 0 Å². The summed E-state index contributed by atoms with van der Waals surface area (Å²) in [7, 11) is 0. The Morgan fingerprint density at radius 3 is 1.57 bits per heavy atom. The van der Waals surface area contributed by atoms with E-state index in [0.717, 1.165) is 0 Å². The molecule has 0 aliphatic carbocycles. The van der Waals surface area contributed by atoms with Gasteiger partial charge < -0.3 is 5.73 Å². The lowest BCUT2D eigenvalue weighted by molar-refractivity contribution is 0.123. The predicted molar refractivity (Wildman–Crippen MR) is 26.9 cm³/mol. The third kappa shape index (κ3) is 6.11. The second kappa shape index (κ2) is 4.27. The Balaban J connectivity index is 0. The van der Waals surface area contributed by atoms with E-state index in [-0.39, 0.29) is 12.4 Å². The molecule has 0 aliphatic rings. The van der Waals surface area contributed by atoms with Gasteiger partial charge in [-0.05, 0) is 6.92 Å². The Labute approximate surface area is 47.3 Å².